The number of aromatic nitrogens is 2. The first-order chi connectivity index (χ1) is 14.5. The highest BCUT2D eigenvalue weighted by Gasteiger charge is 2.31. The zero-order chi connectivity index (χ0) is 21.1. The molecule has 158 valence electrons. The van der Waals surface area contributed by atoms with E-state index in [2.05, 4.69) is 54.8 Å². The Balaban J connectivity index is 1.45. The van der Waals surface area contributed by atoms with Crippen molar-refractivity contribution < 1.29 is 9.53 Å². The number of carbonyl (C=O) groups excluding carboxylic acids is 1. The Morgan fingerprint density at radius 2 is 1.90 bits per heavy atom. The second kappa shape index (κ2) is 8.90. The van der Waals surface area contributed by atoms with Crippen LogP contribution in [0.1, 0.15) is 55.6 Å². The molecule has 5 nitrogen and oxygen atoms in total. The van der Waals surface area contributed by atoms with E-state index in [1.165, 1.54) is 11.1 Å². The summed E-state index contributed by atoms with van der Waals surface area (Å²) < 4.78 is 8.29. The fraction of sp³-hybridized carbons (Fsp3) is 0.440. The van der Waals surface area contributed by atoms with Crippen molar-refractivity contribution >= 4 is 16.9 Å². The first kappa shape index (κ1) is 20.5. The average molecular weight is 406 g/mol. The third kappa shape index (κ3) is 4.35. The zero-order valence-corrected chi connectivity index (χ0v) is 18.2. The summed E-state index contributed by atoms with van der Waals surface area (Å²) in [6, 6.07) is 14.7. The monoisotopic (exact) mass is 405 g/mol. The minimum Gasteiger partial charge on any atom is -0.494 e. The molecule has 30 heavy (non-hydrogen) atoms. The van der Waals surface area contributed by atoms with Crippen LogP contribution in [-0.4, -0.2) is 33.5 Å². The third-order valence-corrected chi connectivity index (χ3v) is 5.88. The number of carbonyl (C=O) groups is 1. The summed E-state index contributed by atoms with van der Waals surface area (Å²) in [5.74, 6) is 2.11. The second-order valence-electron chi connectivity index (χ2n) is 8.36. The summed E-state index contributed by atoms with van der Waals surface area (Å²) in [5, 5.41) is 0. The molecule has 1 aliphatic heterocycles. The summed E-state index contributed by atoms with van der Waals surface area (Å²) in [7, 11) is 0. The average Bonchev–Trinajstić information content (AvgIpc) is 3.32. The number of nitrogens with zero attached hydrogens (tertiary/aromatic N) is 3. The van der Waals surface area contributed by atoms with Gasteiger partial charge in [-0.05, 0) is 74.9 Å². The van der Waals surface area contributed by atoms with Gasteiger partial charge in [-0.2, -0.15) is 0 Å². The first-order valence-electron chi connectivity index (χ1n) is 11.0. The van der Waals surface area contributed by atoms with Crippen molar-refractivity contribution in [3.63, 3.8) is 0 Å². The Kier molecular flexibility index (Phi) is 6.07. The maximum absolute atomic E-state index is 12.1. The number of hydrogen-bond donors (Lipinski definition) is 0. The normalized spacial score (nSPS) is 16.4. The van der Waals surface area contributed by atoms with Gasteiger partial charge < -0.3 is 14.2 Å². The SMILES string of the molecule is CC(=O)N1CCC[C@H]1c1nc2ccccc2n1CCCCOc1cc(C)cc(C)c1. The predicted molar refractivity (Wildman–Crippen MR) is 120 cm³/mol. The molecule has 4 rings (SSSR count). The number of rotatable bonds is 7. The number of aryl methyl sites for hydroxylation is 3. The second-order valence-corrected chi connectivity index (χ2v) is 8.36. The van der Waals surface area contributed by atoms with Gasteiger partial charge in [-0.15, -0.1) is 0 Å². The number of imidazole rings is 1. The van der Waals surface area contributed by atoms with E-state index in [1.54, 1.807) is 6.92 Å². The summed E-state index contributed by atoms with van der Waals surface area (Å²) in [6.07, 6.45) is 4.00. The highest BCUT2D eigenvalue weighted by molar-refractivity contribution is 5.77. The zero-order valence-electron chi connectivity index (χ0n) is 18.2. The topological polar surface area (TPSA) is 47.4 Å². The van der Waals surface area contributed by atoms with Crippen LogP contribution in [0.3, 0.4) is 0 Å². The van der Waals surface area contributed by atoms with Gasteiger partial charge in [0, 0.05) is 20.0 Å². The van der Waals surface area contributed by atoms with Gasteiger partial charge >= 0.3 is 0 Å². The van der Waals surface area contributed by atoms with Crippen molar-refractivity contribution in [2.45, 2.75) is 59.0 Å². The largest absolute Gasteiger partial charge is 0.494 e. The smallest absolute Gasteiger partial charge is 0.220 e. The van der Waals surface area contributed by atoms with Gasteiger partial charge in [-0.3, -0.25) is 4.79 Å². The third-order valence-electron chi connectivity index (χ3n) is 5.88. The molecule has 0 unspecified atom stereocenters. The number of unbranched alkanes of at least 4 members (excludes halogenated alkanes) is 1. The fourth-order valence-electron chi connectivity index (χ4n) is 4.57. The van der Waals surface area contributed by atoms with Gasteiger partial charge in [-0.25, -0.2) is 4.98 Å². The Bertz CT molecular complexity index is 1020. The highest BCUT2D eigenvalue weighted by Crippen LogP contribution is 2.33. The van der Waals surface area contributed by atoms with Crippen LogP contribution in [0.4, 0.5) is 0 Å². The van der Waals surface area contributed by atoms with Crippen molar-refractivity contribution in [1.82, 2.24) is 14.5 Å². The van der Waals surface area contributed by atoms with Crippen molar-refractivity contribution in [1.29, 1.82) is 0 Å². The van der Waals surface area contributed by atoms with E-state index in [1.807, 2.05) is 11.0 Å². The molecule has 0 bridgehead atoms. The number of benzene rings is 2. The molecular weight excluding hydrogens is 374 g/mol. The molecule has 5 heteroatoms. The summed E-state index contributed by atoms with van der Waals surface area (Å²) >= 11 is 0. The molecule has 3 aromatic rings. The van der Waals surface area contributed by atoms with Crippen molar-refractivity contribution in [2.24, 2.45) is 0 Å². The molecule has 2 aromatic carbocycles. The van der Waals surface area contributed by atoms with Gasteiger partial charge in [0.1, 0.15) is 11.6 Å². The van der Waals surface area contributed by atoms with Gasteiger partial charge in [0.2, 0.25) is 5.91 Å². The lowest BCUT2D eigenvalue weighted by Crippen LogP contribution is -2.30. The van der Waals surface area contributed by atoms with E-state index in [-0.39, 0.29) is 11.9 Å². The quantitative estimate of drug-likeness (QED) is 0.508. The van der Waals surface area contributed by atoms with E-state index in [9.17, 15) is 4.79 Å². The molecule has 0 N–H and O–H groups in total. The van der Waals surface area contributed by atoms with Crippen LogP contribution < -0.4 is 4.74 Å². The van der Waals surface area contributed by atoms with Crippen LogP contribution in [0.15, 0.2) is 42.5 Å². The molecule has 1 amide bonds. The van der Waals surface area contributed by atoms with Crippen LogP contribution in [0, 0.1) is 13.8 Å². The number of likely N-dealkylation sites (tertiary alicyclic amines) is 1. The van der Waals surface area contributed by atoms with Gasteiger partial charge in [-0.1, -0.05) is 18.2 Å². The van der Waals surface area contributed by atoms with E-state index < -0.39 is 0 Å². The molecule has 1 fully saturated rings. The number of ether oxygens (including phenoxy) is 1. The lowest BCUT2D eigenvalue weighted by Gasteiger charge is -2.24. The summed E-state index contributed by atoms with van der Waals surface area (Å²) in [4.78, 5) is 19.0. The molecule has 2 heterocycles. The minimum atomic E-state index is 0.0846. The highest BCUT2D eigenvalue weighted by atomic mass is 16.5. The maximum Gasteiger partial charge on any atom is 0.220 e. The Labute approximate surface area is 178 Å². The van der Waals surface area contributed by atoms with E-state index in [0.29, 0.717) is 6.61 Å². The molecular formula is C25H31N3O2. The number of para-hydroxylation sites is 2. The van der Waals surface area contributed by atoms with Crippen molar-refractivity contribution in [2.75, 3.05) is 13.2 Å². The van der Waals surface area contributed by atoms with Gasteiger partial charge in [0.05, 0.1) is 23.7 Å². The van der Waals surface area contributed by atoms with Crippen LogP contribution in [0.2, 0.25) is 0 Å². The molecule has 1 aromatic heterocycles. The maximum atomic E-state index is 12.1. The Morgan fingerprint density at radius 1 is 1.13 bits per heavy atom. The molecule has 1 saturated heterocycles. The van der Waals surface area contributed by atoms with E-state index in [4.69, 9.17) is 9.72 Å². The molecule has 1 atom stereocenters. The van der Waals surface area contributed by atoms with E-state index >= 15 is 0 Å². The van der Waals surface area contributed by atoms with Gasteiger partial charge in [0.15, 0.2) is 0 Å². The lowest BCUT2D eigenvalue weighted by atomic mass is 10.1. The van der Waals surface area contributed by atoms with Crippen LogP contribution in [0.5, 0.6) is 5.75 Å². The van der Waals surface area contributed by atoms with Gasteiger partial charge in [0.25, 0.3) is 0 Å². The Hall–Kier alpha value is -2.82. The number of hydrogen-bond acceptors (Lipinski definition) is 3. The van der Waals surface area contributed by atoms with E-state index in [0.717, 1.165) is 61.4 Å². The number of amides is 1. The molecule has 1 aliphatic rings. The van der Waals surface area contributed by atoms with Crippen LogP contribution >= 0.6 is 0 Å². The van der Waals surface area contributed by atoms with Crippen molar-refractivity contribution in [3.05, 3.63) is 59.4 Å². The van der Waals surface area contributed by atoms with Crippen LogP contribution in [0.25, 0.3) is 11.0 Å². The fourth-order valence-corrected chi connectivity index (χ4v) is 4.57. The van der Waals surface area contributed by atoms with Crippen molar-refractivity contribution in [3.8, 4) is 5.75 Å². The molecule has 0 saturated carbocycles. The first-order valence-corrected chi connectivity index (χ1v) is 11.0. The summed E-state index contributed by atoms with van der Waals surface area (Å²) in [6.45, 7) is 8.27. The minimum absolute atomic E-state index is 0.0846. The van der Waals surface area contributed by atoms with Crippen LogP contribution in [-0.2, 0) is 11.3 Å². The lowest BCUT2D eigenvalue weighted by molar-refractivity contribution is -0.129. The molecule has 0 spiro atoms. The molecule has 0 aliphatic carbocycles. The Morgan fingerprint density at radius 3 is 2.67 bits per heavy atom. The summed E-state index contributed by atoms with van der Waals surface area (Å²) in [5.41, 5.74) is 4.62. The number of fused-ring (bicyclic) bond motifs is 1. The predicted octanol–water partition coefficient (Wildman–Crippen LogP) is 5.20. The molecule has 0 radical (unpaired) electrons. The standard InChI is InChI=1S/C25H31N3O2/c1-18-15-19(2)17-21(16-18)30-14-7-6-12-28-23-10-5-4-9-22(23)26-25(28)24-11-8-13-27(24)20(3)29/h4-5,9-10,15-17,24H,6-8,11-14H2,1-3H3/t24-/m0/s1.